The van der Waals surface area contributed by atoms with Gasteiger partial charge in [-0.15, -0.1) is 0 Å². The topological polar surface area (TPSA) is 49.4 Å². The Labute approximate surface area is 150 Å². The number of rotatable bonds is 3. The molecule has 4 nitrogen and oxygen atoms in total. The molecule has 0 radical (unpaired) electrons. The number of anilines is 2. The van der Waals surface area contributed by atoms with Gasteiger partial charge in [-0.05, 0) is 49.2 Å². The summed E-state index contributed by atoms with van der Waals surface area (Å²) in [6.45, 7) is 4.40. The molecule has 1 N–H and O–H groups in total. The Hall–Kier alpha value is -2.14. The molecule has 124 valence electrons. The van der Waals surface area contributed by atoms with Crippen molar-refractivity contribution in [2.45, 2.75) is 20.3 Å². The highest BCUT2D eigenvalue weighted by molar-refractivity contribution is 9.10. The van der Waals surface area contributed by atoms with E-state index in [2.05, 4.69) is 21.2 Å². The van der Waals surface area contributed by atoms with E-state index in [-0.39, 0.29) is 24.2 Å². The van der Waals surface area contributed by atoms with Gasteiger partial charge in [0.2, 0.25) is 11.8 Å². The van der Waals surface area contributed by atoms with Crippen molar-refractivity contribution in [2.24, 2.45) is 5.92 Å². The zero-order chi connectivity index (χ0) is 17.3. The maximum absolute atomic E-state index is 12.6. The van der Waals surface area contributed by atoms with Crippen molar-refractivity contribution in [3.8, 4) is 0 Å². The number of carbonyl (C=O) groups excluding carboxylic acids is 2. The minimum atomic E-state index is -0.332. The van der Waals surface area contributed by atoms with Gasteiger partial charge in [0.1, 0.15) is 0 Å². The van der Waals surface area contributed by atoms with Crippen LogP contribution in [0.15, 0.2) is 46.9 Å². The van der Waals surface area contributed by atoms with Crippen molar-refractivity contribution in [3.63, 3.8) is 0 Å². The second-order valence-corrected chi connectivity index (χ2v) is 6.93. The summed E-state index contributed by atoms with van der Waals surface area (Å²) in [6.07, 6.45) is 0.245. The van der Waals surface area contributed by atoms with Gasteiger partial charge in [0.15, 0.2) is 0 Å². The van der Waals surface area contributed by atoms with Crippen LogP contribution in [0.25, 0.3) is 0 Å². The summed E-state index contributed by atoms with van der Waals surface area (Å²) >= 11 is 3.49. The van der Waals surface area contributed by atoms with E-state index in [0.717, 1.165) is 27.0 Å². The van der Waals surface area contributed by atoms with Crippen LogP contribution in [0, 0.1) is 19.8 Å². The van der Waals surface area contributed by atoms with Crippen LogP contribution in [0.2, 0.25) is 0 Å². The molecule has 1 saturated heterocycles. The lowest BCUT2D eigenvalue weighted by atomic mass is 10.1. The third-order valence-corrected chi connectivity index (χ3v) is 5.40. The van der Waals surface area contributed by atoms with E-state index in [1.165, 1.54) is 0 Å². The van der Waals surface area contributed by atoms with Crippen molar-refractivity contribution in [2.75, 3.05) is 16.8 Å². The summed E-state index contributed by atoms with van der Waals surface area (Å²) in [7, 11) is 0. The van der Waals surface area contributed by atoms with Crippen molar-refractivity contribution in [3.05, 3.63) is 58.1 Å². The van der Waals surface area contributed by atoms with Gasteiger partial charge in [-0.3, -0.25) is 9.59 Å². The predicted molar refractivity (Wildman–Crippen MR) is 99.1 cm³/mol. The zero-order valence-electron chi connectivity index (χ0n) is 13.7. The molecule has 0 unspecified atom stereocenters. The molecule has 0 aromatic heterocycles. The number of hydrogen-bond donors (Lipinski definition) is 1. The Bertz CT molecular complexity index is 789. The third kappa shape index (κ3) is 3.22. The number of amides is 2. The first-order chi connectivity index (χ1) is 11.5. The largest absolute Gasteiger partial charge is 0.326 e. The highest BCUT2D eigenvalue weighted by Gasteiger charge is 2.35. The summed E-state index contributed by atoms with van der Waals surface area (Å²) in [4.78, 5) is 26.5. The molecule has 1 atom stereocenters. The van der Waals surface area contributed by atoms with Crippen LogP contribution in [0.5, 0.6) is 0 Å². The second kappa shape index (κ2) is 6.77. The average molecular weight is 387 g/mol. The molecule has 0 spiro atoms. The van der Waals surface area contributed by atoms with Gasteiger partial charge in [0.05, 0.1) is 5.92 Å². The molecule has 2 aromatic carbocycles. The van der Waals surface area contributed by atoms with E-state index in [0.29, 0.717) is 6.54 Å². The number of halogens is 1. The van der Waals surface area contributed by atoms with Gasteiger partial charge in [-0.2, -0.15) is 0 Å². The van der Waals surface area contributed by atoms with Gasteiger partial charge in [0.25, 0.3) is 0 Å². The molecule has 1 heterocycles. The molecule has 0 bridgehead atoms. The predicted octanol–water partition coefficient (Wildman–Crippen LogP) is 4.06. The molecule has 0 saturated carbocycles. The smallest absolute Gasteiger partial charge is 0.229 e. The van der Waals surface area contributed by atoms with Crippen LogP contribution in [-0.4, -0.2) is 18.4 Å². The Morgan fingerprint density at radius 1 is 1.12 bits per heavy atom. The summed E-state index contributed by atoms with van der Waals surface area (Å²) in [6, 6.07) is 13.3. The normalized spacial score (nSPS) is 17.2. The van der Waals surface area contributed by atoms with Gasteiger partial charge < -0.3 is 10.2 Å². The number of carbonyl (C=O) groups is 2. The van der Waals surface area contributed by atoms with Crippen LogP contribution in [-0.2, 0) is 9.59 Å². The minimum Gasteiger partial charge on any atom is -0.326 e. The van der Waals surface area contributed by atoms with E-state index in [9.17, 15) is 9.59 Å². The lowest BCUT2D eigenvalue weighted by Crippen LogP contribution is -2.28. The van der Waals surface area contributed by atoms with E-state index in [1.54, 1.807) is 4.90 Å². The molecule has 5 heteroatoms. The van der Waals surface area contributed by atoms with Crippen LogP contribution in [0.1, 0.15) is 17.5 Å². The Morgan fingerprint density at radius 2 is 1.83 bits per heavy atom. The van der Waals surface area contributed by atoms with E-state index in [1.807, 2.05) is 56.3 Å². The molecule has 0 aliphatic carbocycles. The van der Waals surface area contributed by atoms with Crippen LogP contribution >= 0.6 is 15.9 Å². The highest BCUT2D eigenvalue weighted by Crippen LogP contribution is 2.28. The standard InChI is InChI=1S/C19H19BrN2O2/c1-12-13(2)17(9-8-16(12)20)21-19(24)14-10-18(23)22(11-14)15-6-4-3-5-7-15/h3-9,14H,10-11H2,1-2H3,(H,21,24)/t14-/m1/s1. The monoisotopic (exact) mass is 386 g/mol. The van der Waals surface area contributed by atoms with Crippen molar-refractivity contribution in [1.82, 2.24) is 0 Å². The Kier molecular flexibility index (Phi) is 4.71. The molecule has 1 aliphatic rings. The highest BCUT2D eigenvalue weighted by atomic mass is 79.9. The molecule has 1 fully saturated rings. The minimum absolute atomic E-state index is 0.00920. The first-order valence-corrected chi connectivity index (χ1v) is 8.68. The fourth-order valence-corrected chi connectivity index (χ4v) is 3.33. The first-order valence-electron chi connectivity index (χ1n) is 7.89. The lowest BCUT2D eigenvalue weighted by molar-refractivity contribution is -0.122. The second-order valence-electron chi connectivity index (χ2n) is 6.08. The first kappa shape index (κ1) is 16.7. The van der Waals surface area contributed by atoms with Gasteiger partial charge >= 0.3 is 0 Å². The lowest BCUT2D eigenvalue weighted by Gasteiger charge is -2.17. The van der Waals surface area contributed by atoms with Crippen molar-refractivity contribution >= 4 is 39.1 Å². The Balaban J connectivity index is 1.73. The molecular weight excluding hydrogens is 368 g/mol. The van der Waals surface area contributed by atoms with Crippen LogP contribution in [0.3, 0.4) is 0 Å². The van der Waals surface area contributed by atoms with Gasteiger partial charge in [-0.1, -0.05) is 34.1 Å². The molecule has 1 aliphatic heterocycles. The zero-order valence-corrected chi connectivity index (χ0v) is 15.3. The number of nitrogens with one attached hydrogen (secondary N) is 1. The number of nitrogens with zero attached hydrogens (tertiary/aromatic N) is 1. The number of hydrogen-bond acceptors (Lipinski definition) is 2. The van der Waals surface area contributed by atoms with E-state index in [4.69, 9.17) is 0 Å². The summed E-state index contributed by atoms with van der Waals surface area (Å²) in [5.74, 6) is -0.447. The molecule has 24 heavy (non-hydrogen) atoms. The quantitative estimate of drug-likeness (QED) is 0.864. The van der Waals surface area contributed by atoms with Gasteiger partial charge in [0, 0.05) is 28.8 Å². The van der Waals surface area contributed by atoms with Crippen molar-refractivity contribution in [1.29, 1.82) is 0 Å². The maximum Gasteiger partial charge on any atom is 0.229 e. The van der Waals surface area contributed by atoms with E-state index >= 15 is 0 Å². The summed E-state index contributed by atoms with van der Waals surface area (Å²) < 4.78 is 1.02. The molecule has 3 rings (SSSR count). The number of para-hydroxylation sites is 1. The third-order valence-electron chi connectivity index (χ3n) is 4.54. The SMILES string of the molecule is Cc1c(Br)ccc(NC(=O)[C@@H]2CC(=O)N(c3ccccc3)C2)c1C. The summed E-state index contributed by atoms with van der Waals surface area (Å²) in [5, 5.41) is 2.97. The molecule has 2 aromatic rings. The van der Waals surface area contributed by atoms with Crippen LogP contribution in [0.4, 0.5) is 11.4 Å². The average Bonchev–Trinajstić information content (AvgIpc) is 2.98. The van der Waals surface area contributed by atoms with Crippen molar-refractivity contribution < 1.29 is 9.59 Å². The summed E-state index contributed by atoms with van der Waals surface area (Å²) in [5.41, 5.74) is 3.77. The molecular formula is C19H19BrN2O2. The fraction of sp³-hybridized carbons (Fsp3) is 0.263. The number of benzene rings is 2. The fourth-order valence-electron chi connectivity index (χ4n) is 2.90. The van der Waals surface area contributed by atoms with E-state index < -0.39 is 0 Å². The molecule has 2 amide bonds. The van der Waals surface area contributed by atoms with Gasteiger partial charge in [-0.25, -0.2) is 0 Å². The van der Waals surface area contributed by atoms with Crippen LogP contribution < -0.4 is 10.2 Å². The Morgan fingerprint density at radius 3 is 2.54 bits per heavy atom. The maximum atomic E-state index is 12.6.